The van der Waals surface area contributed by atoms with Crippen molar-refractivity contribution in [3.8, 4) is 11.4 Å². The van der Waals surface area contributed by atoms with Gasteiger partial charge in [0.15, 0.2) is 11.5 Å². The molecule has 0 aliphatic carbocycles. The lowest BCUT2D eigenvalue weighted by Gasteiger charge is -2.19. The zero-order valence-corrected chi connectivity index (χ0v) is 13.8. The first-order chi connectivity index (χ1) is 11.6. The molecular formula is C17H20N6O. The van der Waals surface area contributed by atoms with Crippen molar-refractivity contribution >= 4 is 11.5 Å². The van der Waals surface area contributed by atoms with Crippen molar-refractivity contribution in [1.82, 2.24) is 24.8 Å². The summed E-state index contributed by atoms with van der Waals surface area (Å²) in [6, 6.07) is 7.64. The van der Waals surface area contributed by atoms with Gasteiger partial charge in [-0.15, -0.1) is 15.3 Å². The molecule has 4 heterocycles. The zero-order chi connectivity index (χ0) is 16.6. The number of rotatable bonds is 4. The summed E-state index contributed by atoms with van der Waals surface area (Å²) < 4.78 is 7.74. The van der Waals surface area contributed by atoms with Gasteiger partial charge in [0.2, 0.25) is 0 Å². The van der Waals surface area contributed by atoms with Crippen molar-refractivity contribution < 1.29 is 4.74 Å². The molecule has 0 bridgehead atoms. The van der Waals surface area contributed by atoms with Gasteiger partial charge in [-0.3, -0.25) is 4.98 Å². The van der Waals surface area contributed by atoms with Gasteiger partial charge in [-0.05, 0) is 51.0 Å². The van der Waals surface area contributed by atoms with Crippen LogP contribution in [0.5, 0.6) is 0 Å². The number of hydrogen-bond acceptors (Lipinski definition) is 6. The molecule has 0 saturated carbocycles. The highest BCUT2D eigenvalue weighted by atomic mass is 16.5. The second kappa shape index (κ2) is 5.83. The number of fused-ring (bicyclic) bond motifs is 1. The van der Waals surface area contributed by atoms with E-state index in [-0.39, 0.29) is 11.7 Å². The van der Waals surface area contributed by atoms with Gasteiger partial charge in [-0.2, -0.15) is 4.52 Å². The Bertz CT molecular complexity index is 845. The smallest absolute Gasteiger partial charge is 0.187 e. The molecule has 0 spiro atoms. The summed E-state index contributed by atoms with van der Waals surface area (Å²) in [4.78, 5) is 4.13. The van der Waals surface area contributed by atoms with E-state index in [9.17, 15) is 0 Å². The van der Waals surface area contributed by atoms with Crippen molar-refractivity contribution in [3.05, 3.63) is 36.7 Å². The molecule has 124 valence electrons. The lowest BCUT2D eigenvalue weighted by Crippen LogP contribution is -2.25. The highest BCUT2D eigenvalue weighted by Crippen LogP contribution is 2.29. The van der Waals surface area contributed by atoms with Gasteiger partial charge < -0.3 is 10.1 Å². The van der Waals surface area contributed by atoms with Gasteiger partial charge in [0.1, 0.15) is 5.82 Å². The van der Waals surface area contributed by atoms with E-state index in [2.05, 4.69) is 39.4 Å². The fraction of sp³-hybridized carbons (Fsp3) is 0.412. The fourth-order valence-corrected chi connectivity index (χ4v) is 3.00. The Kier molecular flexibility index (Phi) is 3.65. The molecule has 0 amide bonds. The summed E-state index contributed by atoms with van der Waals surface area (Å²) in [5.74, 6) is 1.46. The summed E-state index contributed by atoms with van der Waals surface area (Å²) in [6.45, 7) is 5.01. The molecule has 0 radical (unpaired) electrons. The minimum Gasteiger partial charge on any atom is -0.371 e. The number of hydrogen-bond donors (Lipinski definition) is 1. The quantitative estimate of drug-likeness (QED) is 0.795. The molecule has 24 heavy (non-hydrogen) atoms. The zero-order valence-electron chi connectivity index (χ0n) is 13.8. The first kappa shape index (κ1) is 15.0. The van der Waals surface area contributed by atoms with Crippen LogP contribution in [-0.2, 0) is 4.74 Å². The Morgan fingerprint density at radius 3 is 2.96 bits per heavy atom. The number of anilines is 1. The Morgan fingerprint density at radius 1 is 1.29 bits per heavy atom. The minimum atomic E-state index is -0.0223. The van der Waals surface area contributed by atoms with Crippen molar-refractivity contribution in [3.63, 3.8) is 0 Å². The third kappa shape index (κ3) is 2.94. The van der Waals surface area contributed by atoms with Crippen LogP contribution in [0.4, 0.5) is 5.82 Å². The number of nitrogens with one attached hydrogen (secondary N) is 1. The lowest BCUT2D eigenvalue weighted by molar-refractivity contribution is -0.00914. The molecule has 0 aromatic carbocycles. The van der Waals surface area contributed by atoms with Crippen molar-refractivity contribution in [2.24, 2.45) is 0 Å². The molecule has 1 saturated heterocycles. The molecule has 1 fully saturated rings. The van der Waals surface area contributed by atoms with E-state index in [0.717, 1.165) is 30.8 Å². The number of pyridine rings is 1. The van der Waals surface area contributed by atoms with E-state index in [1.807, 2.05) is 24.3 Å². The van der Waals surface area contributed by atoms with Crippen LogP contribution < -0.4 is 5.32 Å². The average Bonchev–Trinajstić information content (AvgIpc) is 3.16. The number of nitrogens with zero attached hydrogens (tertiary/aromatic N) is 5. The maximum absolute atomic E-state index is 6.01. The monoisotopic (exact) mass is 324 g/mol. The van der Waals surface area contributed by atoms with Crippen LogP contribution in [0.2, 0.25) is 0 Å². The minimum absolute atomic E-state index is 0.0223. The third-order valence-corrected chi connectivity index (χ3v) is 4.25. The van der Waals surface area contributed by atoms with E-state index in [1.165, 1.54) is 0 Å². The van der Waals surface area contributed by atoms with Crippen molar-refractivity contribution in [2.45, 2.75) is 38.4 Å². The molecule has 1 unspecified atom stereocenters. The largest absolute Gasteiger partial charge is 0.371 e. The lowest BCUT2D eigenvalue weighted by atomic mass is 10.1. The van der Waals surface area contributed by atoms with Gasteiger partial charge in [0.25, 0.3) is 0 Å². The first-order valence-corrected chi connectivity index (χ1v) is 8.15. The van der Waals surface area contributed by atoms with Crippen LogP contribution in [0.25, 0.3) is 17.0 Å². The van der Waals surface area contributed by atoms with Crippen molar-refractivity contribution in [1.29, 1.82) is 0 Å². The van der Waals surface area contributed by atoms with E-state index >= 15 is 0 Å². The summed E-state index contributed by atoms with van der Waals surface area (Å²) >= 11 is 0. The molecule has 3 aromatic heterocycles. The predicted molar refractivity (Wildman–Crippen MR) is 90.7 cm³/mol. The highest BCUT2D eigenvalue weighted by Gasteiger charge is 2.31. The maximum atomic E-state index is 6.01. The van der Waals surface area contributed by atoms with Gasteiger partial charge >= 0.3 is 0 Å². The Hall–Kier alpha value is -2.54. The standard InChI is InChI=1S/C17H20N6O/c1-17(2)8-7-13(24-17)11-19-14-5-6-15-20-21-16(23(15)22-14)12-4-3-9-18-10-12/h3-6,9-10,13H,7-8,11H2,1-2H3,(H,19,22). The van der Waals surface area contributed by atoms with Gasteiger partial charge in [-0.25, -0.2) is 0 Å². The van der Waals surface area contributed by atoms with Crippen LogP contribution in [0.3, 0.4) is 0 Å². The number of aromatic nitrogens is 5. The molecule has 1 aliphatic rings. The topological polar surface area (TPSA) is 77.2 Å². The van der Waals surface area contributed by atoms with Crippen LogP contribution in [-0.4, -0.2) is 43.0 Å². The molecule has 1 N–H and O–H groups in total. The number of ether oxygens (including phenoxy) is 1. The van der Waals surface area contributed by atoms with E-state index in [1.54, 1.807) is 16.9 Å². The van der Waals surface area contributed by atoms with E-state index in [4.69, 9.17) is 4.74 Å². The molecule has 4 rings (SSSR count). The Morgan fingerprint density at radius 2 is 2.21 bits per heavy atom. The van der Waals surface area contributed by atoms with Crippen LogP contribution in [0, 0.1) is 0 Å². The van der Waals surface area contributed by atoms with Crippen LogP contribution in [0.15, 0.2) is 36.7 Å². The third-order valence-electron chi connectivity index (χ3n) is 4.25. The van der Waals surface area contributed by atoms with Crippen LogP contribution in [0.1, 0.15) is 26.7 Å². The van der Waals surface area contributed by atoms with Crippen molar-refractivity contribution in [2.75, 3.05) is 11.9 Å². The van der Waals surface area contributed by atoms with Gasteiger partial charge in [-0.1, -0.05) is 0 Å². The Balaban J connectivity index is 1.55. The van der Waals surface area contributed by atoms with E-state index in [0.29, 0.717) is 11.5 Å². The normalized spacial score (nSPS) is 19.7. The molecular weight excluding hydrogens is 304 g/mol. The molecule has 1 atom stereocenters. The predicted octanol–water partition coefficient (Wildman–Crippen LogP) is 2.56. The molecule has 1 aliphatic heterocycles. The van der Waals surface area contributed by atoms with Crippen LogP contribution >= 0.6 is 0 Å². The first-order valence-electron chi connectivity index (χ1n) is 8.15. The van der Waals surface area contributed by atoms with Gasteiger partial charge in [0, 0.05) is 24.5 Å². The second-order valence-corrected chi connectivity index (χ2v) is 6.67. The summed E-state index contributed by atoms with van der Waals surface area (Å²) in [5.41, 5.74) is 1.57. The summed E-state index contributed by atoms with van der Waals surface area (Å²) in [5, 5.41) is 16.3. The SMILES string of the molecule is CC1(C)CCC(CNc2ccc3nnc(-c4cccnc4)n3n2)O1. The summed E-state index contributed by atoms with van der Waals surface area (Å²) in [7, 11) is 0. The highest BCUT2D eigenvalue weighted by molar-refractivity contribution is 5.58. The fourth-order valence-electron chi connectivity index (χ4n) is 3.00. The molecule has 7 heteroatoms. The molecule has 3 aromatic rings. The molecule has 7 nitrogen and oxygen atoms in total. The van der Waals surface area contributed by atoms with E-state index < -0.39 is 0 Å². The maximum Gasteiger partial charge on any atom is 0.187 e. The summed E-state index contributed by atoms with van der Waals surface area (Å²) in [6.07, 6.45) is 5.86. The second-order valence-electron chi connectivity index (χ2n) is 6.67. The average molecular weight is 324 g/mol. The van der Waals surface area contributed by atoms with Gasteiger partial charge in [0.05, 0.1) is 11.7 Å². The Labute approximate surface area is 140 Å².